The number of amides is 2. The Kier molecular flexibility index (Phi) is 5.93. The second-order valence-corrected chi connectivity index (χ2v) is 6.36. The largest absolute Gasteiger partial charge is 0.366 e. The fourth-order valence-corrected chi connectivity index (χ4v) is 2.72. The van der Waals surface area contributed by atoms with Crippen molar-refractivity contribution in [3.05, 3.63) is 69.7 Å². The fraction of sp³-hybridized carbons (Fsp3) is 0.222. The van der Waals surface area contributed by atoms with E-state index in [-0.39, 0.29) is 5.91 Å². The van der Waals surface area contributed by atoms with Crippen molar-refractivity contribution in [1.29, 1.82) is 0 Å². The van der Waals surface area contributed by atoms with Crippen LogP contribution in [0, 0.1) is 0 Å². The molecule has 4 nitrogen and oxygen atoms in total. The lowest BCUT2D eigenvalue weighted by molar-refractivity contribution is -0.130. The minimum absolute atomic E-state index is 0.0870. The van der Waals surface area contributed by atoms with E-state index in [1.54, 1.807) is 24.1 Å². The molecule has 0 spiro atoms. The van der Waals surface area contributed by atoms with Gasteiger partial charge in [0.2, 0.25) is 11.8 Å². The van der Waals surface area contributed by atoms with Crippen molar-refractivity contribution in [3.8, 4) is 0 Å². The molecule has 0 aliphatic heterocycles. The number of primary amides is 1. The van der Waals surface area contributed by atoms with Crippen LogP contribution < -0.4 is 5.73 Å². The molecular weight excluding hydrogens is 356 g/mol. The standard InChI is InChI=1S/C18H19BrN2O2/c1-21(12-14-3-2-4-16(19)11-14)17(22)10-7-13-5-8-15(9-6-13)18(20)23/h2-6,8-9,11H,7,10,12H2,1H3,(H2,20,23). The van der Waals surface area contributed by atoms with Crippen LogP contribution in [0.2, 0.25) is 0 Å². The number of hydrogen-bond acceptors (Lipinski definition) is 2. The lowest BCUT2D eigenvalue weighted by atomic mass is 10.1. The molecule has 0 saturated carbocycles. The van der Waals surface area contributed by atoms with Crippen molar-refractivity contribution in [2.75, 3.05) is 7.05 Å². The molecule has 0 unspecified atom stereocenters. The minimum atomic E-state index is -0.443. The first-order valence-electron chi connectivity index (χ1n) is 7.33. The molecule has 2 amide bonds. The van der Waals surface area contributed by atoms with Gasteiger partial charge in [-0.05, 0) is 41.8 Å². The Morgan fingerprint density at radius 2 is 1.78 bits per heavy atom. The van der Waals surface area contributed by atoms with Gasteiger partial charge in [0.1, 0.15) is 0 Å². The molecule has 120 valence electrons. The highest BCUT2D eigenvalue weighted by molar-refractivity contribution is 9.10. The number of carbonyl (C=O) groups excluding carboxylic acids is 2. The van der Waals surface area contributed by atoms with Crippen molar-refractivity contribution in [2.24, 2.45) is 5.73 Å². The molecule has 2 rings (SSSR count). The monoisotopic (exact) mass is 374 g/mol. The third kappa shape index (κ3) is 5.21. The molecule has 0 aliphatic carbocycles. The van der Waals surface area contributed by atoms with Crippen molar-refractivity contribution < 1.29 is 9.59 Å². The number of rotatable bonds is 6. The molecule has 0 saturated heterocycles. The van der Waals surface area contributed by atoms with Crippen LogP contribution in [0.5, 0.6) is 0 Å². The van der Waals surface area contributed by atoms with Gasteiger partial charge in [-0.2, -0.15) is 0 Å². The Bertz CT molecular complexity index is 698. The quantitative estimate of drug-likeness (QED) is 0.843. The second kappa shape index (κ2) is 7.92. The number of halogens is 1. The Morgan fingerprint density at radius 3 is 2.39 bits per heavy atom. The van der Waals surface area contributed by atoms with Gasteiger partial charge in [0.05, 0.1) is 0 Å². The zero-order valence-corrected chi connectivity index (χ0v) is 14.5. The highest BCUT2D eigenvalue weighted by atomic mass is 79.9. The molecule has 5 heteroatoms. The van der Waals surface area contributed by atoms with E-state index >= 15 is 0 Å². The maximum atomic E-state index is 12.2. The predicted molar refractivity (Wildman–Crippen MR) is 93.9 cm³/mol. The van der Waals surface area contributed by atoms with Crippen LogP contribution in [-0.2, 0) is 17.8 Å². The highest BCUT2D eigenvalue weighted by Gasteiger charge is 2.10. The van der Waals surface area contributed by atoms with Gasteiger partial charge in [0, 0.05) is 30.0 Å². The van der Waals surface area contributed by atoms with E-state index in [0.29, 0.717) is 24.9 Å². The van der Waals surface area contributed by atoms with E-state index in [0.717, 1.165) is 15.6 Å². The molecule has 0 heterocycles. The molecule has 2 aromatic carbocycles. The van der Waals surface area contributed by atoms with Crippen molar-refractivity contribution in [2.45, 2.75) is 19.4 Å². The molecule has 23 heavy (non-hydrogen) atoms. The van der Waals surface area contributed by atoms with Gasteiger partial charge in [-0.15, -0.1) is 0 Å². The number of carbonyl (C=O) groups is 2. The minimum Gasteiger partial charge on any atom is -0.366 e. The van der Waals surface area contributed by atoms with Gasteiger partial charge < -0.3 is 10.6 Å². The van der Waals surface area contributed by atoms with Gasteiger partial charge in [-0.25, -0.2) is 0 Å². The first kappa shape index (κ1) is 17.2. The van der Waals surface area contributed by atoms with E-state index in [1.807, 2.05) is 36.4 Å². The van der Waals surface area contributed by atoms with Gasteiger partial charge in [0.25, 0.3) is 0 Å². The van der Waals surface area contributed by atoms with E-state index in [4.69, 9.17) is 5.73 Å². The summed E-state index contributed by atoms with van der Waals surface area (Å²) in [7, 11) is 1.80. The topological polar surface area (TPSA) is 63.4 Å². The van der Waals surface area contributed by atoms with Crippen LogP contribution in [-0.4, -0.2) is 23.8 Å². The van der Waals surface area contributed by atoms with Crippen LogP contribution in [0.4, 0.5) is 0 Å². The predicted octanol–water partition coefficient (Wildman–Crippen LogP) is 3.14. The van der Waals surface area contributed by atoms with E-state index in [1.165, 1.54) is 0 Å². The summed E-state index contributed by atoms with van der Waals surface area (Å²) in [6.45, 7) is 0.582. The highest BCUT2D eigenvalue weighted by Crippen LogP contribution is 2.14. The van der Waals surface area contributed by atoms with Crippen LogP contribution in [0.3, 0.4) is 0 Å². The molecule has 0 atom stereocenters. The van der Waals surface area contributed by atoms with Crippen LogP contribution in [0.15, 0.2) is 53.0 Å². The molecule has 2 N–H and O–H groups in total. The molecule has 0 fully saturated rings. The van der Waals surface area contributed by atoms with Gasteiger partial charge in [-0.1, -0.05) is 40.2 Å². The number of aryl methyl sites for hydroxylation is 1. The molecule has 0 aromatic heterocycles. The third-order valence-corrected chi connectivity index (χ3v) is 4.09. The summed E-state index contributed by atoms with van der Waals surface area (Å²) in [5.74, 6) is -0.356. The average molecular weight is 375 g/mol. The lowest BCUT2D eigenvalue weighted by Gasteiger charge is -2.17. The van der Waals surface area contributed by atoms with E-state index < -0.39 is 5.91 Å². The third-order valence-electron chi connectivity index (χ3n) is 3.60. The molecule has 0 bridgehead atoms. The summed E-state index contributed by atoms with van der Waals surface area (Å²) in [6, 6.07) is 15.0. The van der Waals surface area contributed by atoms with Crippen LogP contribution in [0.1, 0.15) is 27.9 Å². The van der Waals surface area contributed by atoms with Gasteiger partial charge in [0.15, 0.2) is 0 Å². The number of benzene rings is 2. The Morgan fingerprint density at radius 1 is 1.09 bits per heavy atom. The van der Waals surface area contributed by atoms with E-state index in [2.05, 4.69) is 15.9 Å². The first-order chi connectivity index (χ1) is 11.0. The summed E-state index contributed by atoms with van der Waals surface area (Å²) in [6.07, 6.45) is 1.07. The SMILES string of the molecule is CN(Cc1cccc(Br)c1)C(=O)CCc1ccc(C(N)=O)cc1. The Balaban J connectivity index is 1.87. The fourth-order valence-electron chi connectivity index (χ4n) is 2.28. The first-order valence-corrected chi connectivity index (χ1v) is 8.12. The summed E-state index contributed by atoms with van der Waals surface area (Å²) in [5, 5.41) is 0. The zero-order chi connectivity index (χ0) is 16.8. The maximum absolute atomic E-state index is 12.2. The van der Waals surface area contributed by atoms with Crippen molar-refractivity contribution in [3.63, 3.8) is 0 Å². The summed E-state index contributed by atoms with van der Waals surface area (Å²) in [4.78, 5) is 25.0. The van der Waals surface area contributed by atoms with Gasteiger partial charge >= 0.3 is 0 Å². The summed E-state index contributed by atoms with van der Waals surface area (Å²) < 4.78 is 1.00. The average Bonchev–Trinajstić information content (AvgIpc) is 2.53. The number of nitrogens with zero attached hydrogens (tertiary/aromatic N) is 1. The van der Waals surface area contributed by atoms with E-state index in [9.17, 15) is 9.59 Å². The van der Waals surface area contributed by atoms with Gasteiger partial charge in [-0.3, -0.25) is 9.59 Å². The Labute approximate surface area is 144 Å². The van der Waals surface area contributed by atoms with Crippen molar-refractivity contribution >= 4 is 27.7 Å². The number of nitrogens with two attached hydrogens (primary N) is 1. The van der Waals surface area contributed by atoms with Crippen molar-refractivity contribution in [1.82, 2.24) is 4.90 Å². The van der Waals surface area contributed by atoms with Crippen LogP contribution >= 0.6 is 15.9 Å². The Hall–Kier alpha value is -2.14. The number of hydrogen-bond donors (Lipinski definition) is 1. The molecule has 0 radical (unpaired) electrons. The molecule has 0 aliphatic rings. The smallest absolute Gasteiger partial charge is 0.248 e. The normalized spacial score (nSPS) is 10.3. The zero-order valence-electron chi connectivity index (χ0n) is 13.0. The maximum Gasteiger partial charge on any atom is 0.248 e. The second-order valence-electron chi connectivity index (χ2n) is 5.44. The summed E-state index contributed by atoms with van der Waals surface area (Å²) >= 11 is 3.43. The summed E-state index contributed by atoms with van der Waals surface area (Å²) in [5.41, 5.74) is 7.78. The lowest BCUT2D eigenvalue weighted by Crippen LogP contribution is -2.26. The molecule has 2 aromatic rings. The molecular formula is C18H19BrN2O2. The van der Waals surface area contributed by atoms with Crippen LogP contribution in [0.25, 0.3) is 0 Å².